The average molecular weight is 526 g/mol. The van der Waals surface area contributed by atoms with Gasteiger partial charge in [-0.1, -0.05) is 70.7 Å². The number of hydrogen-bond donors (Lipinski definition) is 2. The topological polar surface area (TPSA) is 59.7 Å². The summed E-state index contributed by atoms with van der Waals surface area (Å²) in [7, 11) is 0. The van der Waals surface area contributed by atoms with Crippen LogP contribution in [0, 0.1) is 0 Å². The van der Waals surface area contributed by atoms with E-state index in [1.807, 2.05) is 42.6 Å². The minimum absolute atomic E-state index is 0.315. The molecular formula is C21H16Cl4N6S. The number of nitrogens with one attached hydrogen (secondary N) is 2. The lowest BCUT2D eigenvalue weighted by Crippen LogP contribution is -2.20. The van der Waals surface area contributed by atoms with Gasteiger partial charge in [0.1, 0.15) is 5.02 Å². The highest BCUT2D eigenvalue weighted by molar-refractivity contribution is 7.80. The first-order valence-electron chi connectivity index (χ1n) is 9.39. The summed E-state index contributed by atoms with van der Waals surface area (Å²) in [6, 6.07) is 14.9. The van der Waals surface area contributed by atoms with Crippen LogP contribution < -0.4 is 10.6 Å². The van der Waals surface area contributed by atoms with Crippen molar-refractivity contribution in [3.63, 3.8) is 0 Å². The van der Waals surface area contributed by atoms with Crippen molar-refractivity contribution in [2.75, 3.05) is 10.6 Å². The smallest absolute Gasteiger partial charge is 0.177 e. The van der Waals surface area contributed by atoms with Crippen LogP contribution in [-0.2, 0) is 13.1 Å². The van der Waals surface area contributed by atoms with Gasteiger partial charge in [-0.2, -0.15) is 10.2 Å². The lowest BCUT2D eigenvalue weighted by molar-refractivity contribution is 0.689. The molecule has 0 bridgehead atoms. The highest BCUT2D eigenvalue weighted by Crippen LogP contribution is 2.24. The maximum Gasteiger partial charge on any atom is 0.177 e. The van der Waals surface area contributed by atoms with Crippen LogP contribution in [0.2, 0.25) is 20.1 Å². The van der Waals surface area contributed by atoms with Crippen molar-refractivity contribution in [1.29, 1.82) is 0 Å². The van der Waals surface area contributed by atoms with Crippen LogP contribution in [0.15, 0.2) is 60.9 Å². The van der Waals surface area contributed by atoms with Crippen LogP contribution >= 0.6 is 58.6 Å². The van der Waals surface area contributed by atoms with Crippen molar-refractivity contribution < 1.29 is 0 Å². The van der Waals surface area contributed by atoms with Crippen LogP contribution in [0.25, 0.3) is 0 Å². The predicted octanol–water partition coefficient (Wildman–Crippen LogP) is 6.60. The highest BCUT2D eigenvalue weighted by atomic mass is 35.5. The summed E-state index contributed by atoms with van der Waals surface area (Å²) >= 11 is 29.9. The van der Waals surface area contributed by atoms with Crippen molar-refractivity contribution in [3.05, 3.63) is 92.1 Å². The molecule has 0 aliphatic heterocycles. The molecule has 6 nitrogen and oxygen atoms in total. The second-order valence-electron chi connectivity index (χ2n) is 6.84. The summed E-state index contributed by atoms with van der Waals surface area (Å²) < 4.78 is 3.45. The maximum atomic E-state index is 6.31. The molecule has 0 aliphatic carbocycles. The van der Waals surface area contributed by atoms with Crippen molar-refractivity contribution >= 4 is 75.4 Å². The molecule has 2 heterocycles. The average Bonchev–Trinajstić information content (AvgIpc) is 3.32. The Balaban J connectivity index is 1.37. The molecule has 2 aromatic heterocycles. The minimum Gasteiger partial charge on any atom is -0.316 e. The summed E-state index contributed by atoms with van der Waals surface area (Å²) in [5.74, 6) is 1.01. The molecule has 0 spiro atoms. The number of aromatic nitrogens is 4. The van der Waals surface area contributed by atoms with Gasteiger partial charge in [-0.15, -0.1) is 0 Å². The molecule has 32 heavy (non-hydrogen) atoms. The van der Waals surface area contributed by atoms with Crippen molar-refractivity contribution in [2.45, 2.75) is 13.1 Å². The summed E-state index contributed by atoms with van der Waals surface area (Å²) in [6.07, 6.45) is 3.54. The van der Waals surface area contributed by atoms with Crippen LogP contribution in [-0.4, -0.2) is 24.7 Å². The van der Waals surface area contributed by atoms with E-state index in [1.54, 1.807) is 27.7 Å². The second-order valence-corrected chi connectivity index (χ2v) is 8.88. The van der Waals surface area contributed by atoms with Crippen molar-refractivity contribution in [2.24, 2.45) is 0 Å². The number of nitrogens with zero attached hydrogens (tertiary/aromatic N) is 4. The van der Waals surface area contributed by atoms with E-state index in [0.717, 1.165) is 11.1 Å². The molecule has 0 amide bonds. The number of halogens is 4. The fourth-order valence-electron chi connectivity index (χ4n) is 2.96. The third kappa shape index (κ3) is 5.74. The fourth-order valence-corrected chi connectivity index (χ4v) is 3.88. The molecule has 11 heteroatoms. The van der Waals surface area contributed by atoms with E-state index in [2.05, 4.69) is 20.8 Å². The summed E-state index contributed by atoms with van der Waals surface area (Å²) in [5, 5.41) is 17.3. The highest BCUT2D eigenvalue weighted by Gasteiger charge is 2.11. The molecule has 0 aliphatic rings. The predicted molar refractivity (Wildman–Crippen MR) is 135 cm³/mol. The summed E-state index contributed by atoms with van der Waals surface area (Å²) in [4.78, 5) is 0. The fraction of sp³-hybridized carbons (Fsp3) is 0.0952. The third-order valence-electron chi connectivity index (χ3n) is 4.45. The number of anilines is 2. The van der Waals surface area contributed by atoms with Gasteiger partial charge in [-0.05, 0) is 41.5 Å². The number of hydrogen-bond acceptors (Lipinski definition) is 3. The van der Waals surface area contributed by atoms with E-state index in [0.29, 0.717) is 49.9 Å². The molecule has 0 unspecified atom stereocenters. The Morgan fingerprint density at radius 1 is 0.812 bits per heavy atom. The van der Waals surface area contributed by atoms with Crippen molar-refractivity contribution in [3.8, 4) is 0 Å². The van der Waals surface area contributed by atoms with E-state index >= 15 is 0 Å². The Hall–Kier alpha value is -2.29. The van der Waals surface area contributed by atoms with Crippen LogP contribution in [0.3, 0.4) is 0 Å². The van der Waals surface area contributed by atoms with Gasteiger partial charge in [0.05, 0.1) is 23.1 Å². The minimum atomic E-state index is 0.315. The Labute approximate surface area is 210 Å². The van der Waals surface area contributed by atoms with E-state index in [4.69, 9.17) is 58.6 Å². The van der Waals surface area contributed by atoms with E-state index in [1.165, 1.54) is 0 Å². The zero-order valence-electron chi connectivity index (χ0n) is 16.4. The molecule has 0 atom stereocenters. The Morgan fingerprint density at radius 3 is 2.41 bits per heavy atom. The standard InChI is InChI=1S/C21H16Cl4N6S/c22-15-4-2-1-3-14(15)11-30-8-7-19(28-30)26-21(32)27-20-18(25)12-31(29-20)10-13-5-6-16(23)17(24)9-13/h1-9,12H,10-11H2,(H2,26,27,28,29,32). The quantitative estimate of drug-likeness (QED) is 0.278. The Morgan fingerprint density at radius 2 is 1.62 bits per heavy atom. The molecule has 0 fully saturated rings. The van der Waals surface area contributed by atoms with Gasteiger partial charge >= 0.3 is 0 Å². The molecule has 4 rings (SSSR count). The normalized spacial score (nSPS) is 10.9. The van der Waals surface area contributed by atoms with Gasteiger partial charge in [-0.3, -0.25) is 9.36 Å². The first kappa shape index (κ1) is 22.9. The number of benzene rings is 2. The maximum absolute atomic E-state index is 6.31. The number of thiocarbonyl (C=S) groups is 1. The van der Waals surface area contributed by atoms with Gasteiger partial charge in [0.15, 0.2) is 16.7 Å². The summed E-state index contributed by atoms with van der Waals surface area (Å²) in [5.41, 5.74) is 1.92. The Bertz CT molecular complexity index is 1270. The van der Waals surface area contributed by atoms with E-state index in [9.17, 15) is 0 Å². The lowest BCUT2D eigenvalue weighted by atomic mass is 10.2. The van der Waals surface area contributed by atoms with Gasteiger partial charge in [-0.25, -0.2) is 0 Å². The van der Waals surface area contributed by atoms with Crippen LogP contribution in [0.4, 0.5) is 11.6 Å². The third-order valence-corrected chi connectivity index (χ3v) is 6.04. The summed E-state index contributed by atoms with van der Waals surface area (Å²) in [6.45, 7) is 1.03. The molecule has 4 aromatic rings. The van der Waals surface area contributed by atoms with Gasteiger partial charge in [0, 0.05) is 23.5 Å². The molecule has 0 radical (unpaired) electrons. The monoisotopic (exact) mass is 524 g/mol. The zero-order valence-corrected chi connectivity index (χ0v) is 20.2. The molecule has 2 aromatic carbocycles. The lowest BCUT2D eigenvalue weighted by Gasteiger charge is -2.07. The van der Waals surface area contributed by atoms with E-state index < -0.39 is 0 Å². The van der Waals surface area contributed by atoms with Gasteiger partial charge in [0.25, 0.3) is 0 Å². The van der Waals surface area contributed by atoms with Gasteiger partial charge in [0.2, 0.25) is 0 Å². The van der Waals surface area contributed by atoms with Crippen LogP contribution in [0.1, 0.15) is 11.1 Å². The molecule has 0 saturated heterocycles. The van der Waals surface area contributed by atoms with Crippen molar-refractivity contribution in [1.82, 2.24) is 19.6 Å². The zero-order chi connectivity index (χ0) is 22.7. The largest absolute Gasteiger partial charge is 0.316 e. The molecule has 2 N–H and O–H groups in total. The van der Waals surface area contributed by atoms with Gasteiger partial charge < -0.3 is 10.6 Å². The SMILES string of the molecule is S=C(Nc1ccn(Cc2ccccc2Cl)n1)Nc1nn(Cc2ccc(Cl)c(Cl)c2)cc1Cl. The molecule has 164 valence electrons. The van der Waals surface area contributed by atoms with Crippen LogP contribution in [0.5, 0.6) is 0 Å². The second kappa shape index (κ2) is 10.1. The molecule has 0 saturated carbocycles. The van der Waals surface area contributed by atoms with E-state index in [-0.39, 0.29) is 0 Å². The first-order valence-corrected chi connectivity index (χ1v) is 11.3. The molecular weight excluding hydrogens is 510 g/mol. The number of rotatable bonds is 6. The Kier molecular flexibility index (Phi) is 7.23. The first-order chi connectivity index (χ1) is 15.4.